The number of amides is 1. The van der Waals surface area contributed by atoms with Crippen LogP contribution in [0.15, 0.2) is 42.5 Å². The maximum atomic E-state index is 12.7. The molecule has 0 atom stereocenters. The maximum Gasteiger partial charge on any atom is 0.337 e. The minimum Gasteiger partial charge on any atom is -0.465 e. The molecule has 1 amide bonds. The average Bonchev–Trinajstić information content (AvgIpc) is 3.58. The average molecular weight is 410 g/mol. The normalized spacial score (nSPS) is 13.1. The summed E-state index contributed by atoms with van der Waals surface area (Å²) in [4.78, 5) is 38.7. The van der Waals surface area contributed by atoms with E-state index in [4.69, 9.17) is 9.47 Å². The van der Waals surface area contributed by atoms with Gasteiger partial charge in [0.1, 0.15) is 0 Å². The minimum absolute atomic E-state index is 0.161. The van der Waals surface area contributed by atoms with Crippen LogP contribution in [0.2, 0.25) is 0 Å². The summed E-state index contributed by atoms with van der Waals surface area (Å²) < 4.78 is 9.46. The van der Waals surface area contributed by atoms with E-state index in [1.165, 1.54) is 38.0 Å². The molecule has 1 aliphatic carbocycles. The highest BCUT2D eigenvalue weighted by molar-refractivity contribution is 5.99. The quantitative estimate of drug-likeness (QED) is 0.673. The maximum absolute atomic E-state index is 12.7. The van der Waals surface area contributed by atoms with Crippen LogP contribution in [0.25, 0.3) is 0 Å². The molecule has 7 heteroatoms. The van der Waals surface area contributed by atoms with Gasteiger partial charge in [-0.15, -0.1) is 0 Å². The molecule has 0 radical (unpaired) electrons. The molecule has 0 saturated heterocycles. The molecule has 1 saturated carbocycles. The topological polar surface area (TPSA) is 84.9 Å². The molecule has 1 N–H and O–H groups in total. The van der Waals surface area contributed by atoms with Gasteiger partial charge in [-0.1, -0.05) is 29.8 Å². The van der Waals surface area contributed by atoms with Crippen molar-refractivity contribution in [2.75, 3.05) is 26.1 Å². The van der Waals surface area contributed by atoms with Crippen molar-refractivity contribution in [1.29, 1.82) is 0 Å². The van der Waals surface area contributed by atoms with Gasteiger partial charge in [0.25, 0.3) is 0 Å². The summed E-state index contributed by atoms with van der Waals surface area (Å²) in [5.41, 5.74) is 3.01. The number of esters is 2. The molecule has 158 valence electrons. The number of ether oxygens (including phenoxy) is 2. The van der Waals surface area contributed by atoms with E-state index in [9.17, 15) is 14.4 Å². The first-order chi connectivity index (χ1) is 14.4. The van der Waals surface area contributed by atoms with Crippen molar-refractivity contribution in [3.05, 3.63) is 64.7 Å². The summed E-state index contributed by atoms with van der Waals surface area (Å²) in [5.74, 6) is -1.42. The molecule has 0 aliphatic heterocycles. The van der Waals surface area contributed by atoms with Gasteiger partial charge >= 0.3 is 11.9 Å². The minimum atomic E-state index is -0.602. The lowest BCUT2D eigenvalue weighted by Crippen LogP contribution is -2.34. The fraction of sp³-hybridized carbons (Fsp3) is 0.348. The van der Waals surface area contributed by atoms with Crippen LogP contribution in [0.3, 0.4) is 0 Å². The van der Waals surface area contributed by atoms with Gasteiger partial charge in [0.15, 0.2) is 0 Å². The van der Waals surface area contributed by atoms with Gasteiger partial charge in [0.2, 0.25) is 5.91 Å². The Morgan fingerprint density at radius 1 is 0.967 bits per heavy atom. The highest BCUT2D eigenvalue weighted by Gasteiger charge is 2.30. The van der Waals surface area contributed by atoms with Gasteiger partial charge in [-0.3, -0.25) is 9.69 Å². The number of carbonyl (C=O) groups excluding carboxylic acids is 3. The Kier molecular flexibility index (Phi) is 6.84. The first kappa shape index (κ1) is 21.5. The fourth-order valence-corrected chi connectivity index (χ4v) is 3.24. The predicted octanol–water partition coefficient (Wildman–Crippen LogP) is 3.17. The Bertz CT molecular complexity index is 901. The van der Waals surface area contributed by atoms with E-state index in [0.29, 0.717) is 18.3 Å². The number of benzene rings is 2. The van der Waals surface area contributed by atoms with Crippen molar-refractivity contribution in [3.63, 3.8) is 0 Å². The Labute approximate surface area is 176 Å². The van der Waals surface area contributed by atoms with E-state index in [0.717, 1.165) is 18.4 Å². The molecule has 0 aromatic heterocycles. The van der Waals surface area contributed by atoms with Crippen LogP contribution in [0.5, 0.6) is 0 Å². The standard InChI is InChI=1S/C23H26N2O5/c1-15-4-6-16(7-5-15)13-25(20-8-9-20)14-21(26)24-19-11-17(22(27)29-2)10-18(12-19)23(28)30-3/h4-7,10-12,20H,8-9,13-14H2,1-3H3,(H,24,26). The zero-order valence-electron chi connectivity index (χ0n) is 17.4. The molecule has 3 rings (SSSR count). The second kappa shape index (κ2) is 9.54. The van der Waals surface area contributed by atoms with Gasteiger partial charge in [-0.05, 0) is 43.5 Å². The number of nitrogens with one attached hydrogen (secondary N) is 1. The molecule has 0 unspecified atom stereocenters. The highest BCUT2D eigenvalue weighted by Crippen LogP contribution is 2.28. The third-order valence-corrected chi connectivity index (χ3v) is 4.98. The number of methoxy groups -OCH3 is 2. The van der Waals surface area contributed by atoms with E-state index in [2.05, 4.69) is 34.5 Å². The first-order valence-electron chi connectivity index (χ1n) is 9.80. The van der Waals surface area contributed by atoms with Gasteiger partial charge in [0.05, 0.1) is 31.9 Å². The van der Waals surface area contributed by atoms with E-state index in [1.54, 1.807) is 0 Å². The van der Waals surface area contributed by atoms with E-state index in [-0.39, 0.29) is 23.6 Å². The molecule has 7 nitrogen and oxygen atoms in total. The fourth-order valence-electron chi connectivity index (χ4n) is 3.24. The van der Waals surface area contributed by atoms with Crippen molar-refractivity contribution in [2.45, 2.75) is 32.4 Å². The van der Waals surface area contributed by atoms with E-state index < -0.39 is 11.9 Å². The monoisotopic (exact) mass is 410 g/mol. The van der Waals surface area contributed by atoms with Crippen LogP contribution < -0.4 is 5.32 Å². The largest absolute Gasteiger partial charge is 0.465 e. The summed E-state index contributed by atoms with van der Waals surface area (Å²) in [7, 11) is 2.51. The third-order valence-electron chi connectivity index (χ3n) is 4.98. The molecule has 0 heterocycles. The van der Waals surface area contributed by atoms with E-state index >= 15 is 0 Å². The summed E-state index contributed by atoms with van der Waals surface area (Å²) in [6.45, 7) is 2.95. The number of anilines is 1. The number of carbonyl (C=O) groups is 3. The zero-order chi connectivity index (χ0) is 21.7. The number of nitrogens with zero attached hydrogens (tertiary/aromatic N) is 1. The number of hydrogen-bond donors (Lipinski definition) is 1. The number of rotatable bonds is 8. The summed E-state index contributed by atoms with van der Waals surface area (Å²) in [6, 6.07) is 13.0. The summed E-state index contributed by atoms with van der Waals surface area (Å²) in [5, 5.41) is 2.79. The highest BCUT2D eigenvalue weighted by atomic mass is 16.5. The molecular weight excluding hydrogens is 384 g/mol. The number of aryl methyl sites for hydroxylation is 1. The van der Waals surface area contributed by atoms with Gasteiger partial charge < -0.3 is 14.8 Å². The van der Waals surface area contributed by atoms with Crippen molar-refractivity contribution in [2.24, 2.45) is 0 Å². The van der Waals surface area contributed by atoms with Crippen LogP contribution in [0.4, 0.5) is 5.69 Å². The van der Waals surface area contributed by atoms with Crippen molar-refractivity contribution >= 4 is 23.5 Å². The Morgan fingerprint density at radius 3 is 2.03 bits per heavy atom. The predicted molar refractivity (Wildman–Crippen MR) is 112 cm³/mol. The third kappa shape index (κ3) is 5.67. The molecule has 2 aromatic carbocycles. The lowest BCUT2D eigenvalue weighted by molar-refractivity contribution is -0.117. The van der Waals surface area contributed by atoms with Gasteiger partial charge in [-0.25, -0.2) is 9.59 Å². The zero-order valence-corrected chi connectivity index (χ0v) is 17.4. The van der Waals surface area contributed by atoms with Crippen LogP contribution in [-0.4, -0.2) is 49.6 Å². The van der Waals surface area contributed by atoms with Crippen LogP contribution in [0.1, 0.15) is 44.7 Å². The molecule has 1 aliphatic rings. The second-order valence-corrected chi connectivity index (χ2v) is 7.45. The SMILES string of the molecule is COC(=O)c1cc(NC(=O)CN(Cc2ccc(C)cc2)C2CC2)cc(C(=O)OC)c1. The second-order valence-electron chi connectivity index (χ2n) is 7.45. The molecule has 2 aromatic rings. The van der Waals surface area contributed by atoms with Crippen LogP contribution in [-0.2, 0) is 20.8 Å². The van der Waals surface area contributed by atoms with Crippen molar-refractivity contribution in [1.82, 2.24) is 4.90 Å². The lowest BCUT2D eigenvalue weighted by Gasteiger charge is -2.21. The number of hydrogen-bond acceptors (Lipinski definition) is 6. The molecule has 0 bridgehead atoms. The molecule has 30 heavy (non-hydrogen) atoms. The first-order valence-corrected chi connectivity index (χ1v) is 9.80. The molecule has 0 spiro atoms. The summed E-state index contributed by atoms with van der Waals surface area (Å²) in [6.07, 6.45) is 2.15. The van der Waals surface area contributed by atoms with Gasteiger partial charge in [-0.2, -0.15) is 0 Å². The Balaban J connectivity index is 1.72. The Morgan fingerprint density at radius 2 is 1.53 bits per heavy atom. The van der Waals surface area contributed by atoms with Crippen molar-refractivity contribution < 1.29 is 23.9 Å². The molecule has 1 fully saturated rings. The lowest BCUT2D eigenvalue weighted by atomic mass is 10.1. The smallest absolute Gasteiger partial charge is 0.337 e. The Hall–Kier alpha value is -3.19. The van der Waals surface area contributed by atoms with Crippen LogP contribution in [0, 0.1) is 6.92 Å². The van der Waals surface area contributed by atoms with Gasteiger partial charge in [0, 0.05) is 18.3 Å². The van der Waals surface area contributed by atoms with Crippen LogP contribution >= 0.6 is 0 Å². The van der Waals surface area contributed by atoms with Crippen molar-refractivity contribution in [3.8, 4) is 0 Å². The van der Waals surface area contributed by atoms with E-state index in [1.807, 2.05) is 6.92 Å². The summed E-state index contributed by atoms with van der Waals surface area (Å²) >= 11 is 0. The molecular formula is C23H26N2O5.